The zero-order valence-corrected chi connectivity index (χ0v) is 15.1. The summed E-state index contributed by atoms with van der Waals surface area (Å²) < 4.78 is 39.3. The molecule has 0 fully saturated rings. The summed E-state index contributed by atoms with van der Waals surface area (Å²) in [5.41, 5.74) is -0.0946. The molecule has 2 amide bonds. The van der Waals surface area contributed by atoms with E-state index in [0.29, 0.717) is 17.5 Å². The fourth-order valence-electron chi connectivity index (χ4n) is 2.52. The maximum Gasteiger partial charge on any atom is 0.251 e. The summed E-state index contributed by atoms with van der Waals surface area (Å²) in [5.74, 6) is -2.97. The molecule has 2 N–H and O–H groups in total. The van der Waals surface area contributed by atoms with E-state index in [9.17, 15) is 22.8 Å². The van der Waals surface area contributed by atoms with Gasteiger partial charge in [-0.1, -0.05) is 6.07 Å². The van der Waals surface area contributed by atoms with Crippen LogP contribution in [0.4, 0.5) is 13.2 Å². The molecule has 0 heterocycles. The monoisotopic (exact) mass is 378 g/mol. The number of nitrogens with one attached hydrogen (secondary N) is 2. The molecule has 4 nitrogen and oxygen atoms in total. The highest BCUT2D eigenvalue weighted by Gasteiger charge is 2.23. The van der Waals surface area contributed by atoms with Gasteiger partial charge in [0.05, 0.1) is 5.54 Å². The molecule has 0 unspecified atom stereocenters. The molecule has 0 aliphatic heterocycles. The number of halogens is 3. The van der Waals surface area contributed by atoms with Crippen molar-refractivity contribution in [3.8, 4) is 0 Å². The molecule has 0 saturated heterocycles. The second kappa shape index (κ2) is 8.70. The number of hydrogen-bond donors (Lipinski definition) is 2. The number of carbonyl (C=O) groups is 2. The van der Waals surface area contributed by atoms with Gasteiger partial charge >= 0.3 is 0 Å². The van der Waals surface area contributed by atoms with Gasteiger partial charge in [-0.3, -0.25) is 9.59 Å². The van der Waals surface area contributed by atoms with E-state index in [1.807, 2.05) is 0 Å². The van der Waals surface area contributed by atoms with Crippen LogP contribution in [-0.4, -0.2) is 18.4 Å². The van der Waals surface area contributed by atoms with Gasteiger partial charge in [-0.15, -0.1) is 0 Å². The molecule has 7 heteroatoms. The van der Waals surface area contributed by atoms with E-state index < -0.39 is 23.0 Å². The number of rotatable bonds is 7. The Morgan fingerprint density at radius 2 is 1.63 bits per heavy atom. The molecular formula is C20H21F3N2O2. The minimum atomic E-state index is -0.974. The maximum absolute atomic E-state index is 13.4. The quantitative estimate of drug-likeness (QED) is 0.723. The average Bonchev–Trinajstić information content (AvgIpc) is 2.61. The van der Waals surface area contributed by atoms with Crippen molar-refractivity contribution < 1.29 is 22.8 Å². The molecule has 0 radical (unpaired) electrons. The standard InChI is InChI=1S/C20H21F3N2O2/c1-20(2,14-7-10-16(22)17(23)12-14)25-18(26)4-3-11-24-19(27)13-5-8-15(21)9-6-13/h5-10,12H,3-4,11H2,1-2H3,(H,24,27)(H,25,26). The summed E-state index contributed by atoms with van der Waals surface area (Å²) in [7, 11) is 0. The second-order valence-corrected chi connectivity index (χ2v) is 6.67. The van der Waals surface area contributed by atoms with Crippen molar-refractivity contribution >= 4 is 11.8 Å². The number of benzene rings is 2. The van der Waals surface area contributed by atoms with Gasteiger partial charge in [-0.05, 0) is 62.2 Å². The smallest absolute Gasteiger partial charge is 0.251 e. The van der Waals surface area contributed by atoms with E-state index in [0.717, 1.165) is 12.1 Å². The van der Waals surface area contributed by atoms with Crippen LogP contribution in [0.25, 0.3) is 0 Å². The lowest BCUT2D eigenvalue weighted by molar-refractivity contribution is -0.122. The highest BCUT2D eigenvalue weighted by atomic mass is 19.2. The molecule has 0 atom stereocenters. The van der Waals surface area contributed by atoms with Gasteiger partial charge in [0.2, 0.25) is 5.91 Å². The maximum atomic E-state index is 13.4. The number of amides is 2. The summed E-state index contributed by atoms with van der Waals surface area (Å²) in [4.78, 5) is 24.0. The van der Waals surface area contributed by atoms with Crippen LogP contribution in [0, 0.1) is 17.5 Å². The van der Waals surface area contributed by atoms with Crippen LogP contribution < -0.4 is 10.6 Å². The molecule has 0 aliphatic rings. The van der Waals surface area contributed by atoms with Gasteiger partial charge in [0.1, 0.15) is 5.82 Å². The molecule has 0 saturated carbocycles. The Morgan fingerprint density at radius 3 is 2.26 bits per heavy atom. The molecule has 144 valence electrons. The fraction of sp³-hybridized carbons (Fsp3) is 0.300. The third kappa shape index (κ3) is 5.84. The number of hydrogen-bond acceptors (Lipinski definition) is 2. The fourth-order valence-corrected chi connectivity index (χ4v) is 2.52. The summed E-state index contributed by atoms with van der Waals surface area (Å²) >= 11 is 0. The Labute approximate surface area is 155 Å². The van der Waals surface area contributed by atoms with E-state index in [-0.39, 0.29) is 24.8 Å². The van der Waals surface area contributed by atoms with Gasteiger partial charge in [0, 0.05) is 18.5 Å². The molecule has 0 aromatic heterocycles. The van der Waals surface area contributed by atoms with Crippen LogP contribution in [0.15, 0.2) is 42.5 Å². The summed E-state index contributed by atoms with van der Waals surface area (Å²) in [5, 5.41) is 5.41. The van der Waals surface area contributed by atoms with Crippen LogP contribution in [-0.2, 0) is 10.3 Å². The van der Waals surface area contributed by atoms with Crippen LogP contribution in [0.3, 0.4) is 0 Å². The molecule has 2 aromatic rings. The van der Waals surface area contributed by atoms with E-state index in [1.165, 1.54) is 30.3 Å². The highest BCUT2D eigenvalue weighted by molar-refractivity contribution is 5.94. The Morgan fingerprint density at radius 1 is 0.963 bits per heavy atom. The van der Waals surface area contributed by atoms with Crippen molar-refractivity contribution in [1.82, 2.24) is 10.6 Å². The number of carbonyl (C=O) groups excluding carboxylic acids is 2. The molecule has 2 rings (SSSR count). The van der Waals surface area contributed by atoms with Crippen LogP contribution in [0.2, 0.25) is 0 Å². The topological polar surface area (TPSA) is 58.2 Å². The predicted molar refractivity (Wildman–Crippen MR) is 95.5 cm³/mol. The van der Waals surface area contributed by atoms with Gasteiger partial charge < -0.3 is 10.6 Å². The first-order chi connectivity index (χ1) is 12.7. The van der Waals surface area contributed by atoms with Gasteiger partial charge in [0.15, 0.2) is 11.6 Å². The molecule has 0 aliphatic carbocycles. The van der Waals surface area contributed by atoms with Crippen molar-refractivity contribution in [2.24, 2.45) is 0 Å². The summed E-state index contributed by atoms with van der Waals surface area (Å²) in [6.07, 6.45) is 0.545. The first-order valence-corrected chi connectivity index (χ1v) is 8.49. The Bertz CT molecular complexity index is 820. The first kappa shape index (κ1) is 20.5. The van der Waals surface area contributed by atoms with E-state index >= 15 is 0 Å². The van der Waals surface area contributed by atoms with E-state index in [4.69, 9.17) is 0 Å². The molecule has 2 aromatic carbocycles. The first-order valence-electron chi connectivity index (χ1n) is 8.49. The molecule has 27 heavy (non-hydrogen) atoms. The molecule has 0 bridgehead atoms. The van der Waals surface area contributed by atoms with Crippen molar-refractivity contribution in [3.05, 3.63) is 71.0 Å². The van der Waals surface area contributed by atoms with Gasteiger partial charge in [-0.25, -0.2) is 13.2 Å². The van der Waals surface area contributed by atoms with Crippen molar-refractivity contribution in [1.29, 1.82) is 0 Å². The van der Waals surface area contributed by atoms with Gasteiger partial charge in [-0.2, -0.15) is 0 Å². The average molecular weight is 378 g/mol. The van der Waals surface area contributed by atoms with E-state index in [2.05, 4.69) is 10.6 Å². The zero-order valence-electron chi connectivity index (χ0n) is 15.1. The third-order valence-corrected chi connectivity index (χ3v) is 4.07. The predicted octanol–water partition coefficient (Wildman–Crippen LogP) is 3.67. The Hall–Kier alpha value is -2.83. The third-order valence-electron chi connectivity index (χ3n) is 4.07. The van der Waals surface area contributed by atoms with Crippen molar-refractivity contribution in [3.63, 3.8) is 0 Å². The van der Waals surface area contributed by atoms with Crippen LogP contribution in [0.5, 0.6) is 0 Å². The Balaban J connectivity index is 1.79. The van der Waals surface area contributed by atoms with Crippen molar-refractivity contribution in [2.75, 3.05) is 6.54 Å². The molecule has 0 spiro atoms. The van der Waals surface area contributed by atoms with Crippen LogP contribution in [0.1, 0.15) is 42.6 Å². The lowest BCUT2D eigenvalue weighted by atomic mass is 9.94. The second-order valence-electron chi connectivity index (χ2n) is 6.67. The van der Waals surface area contributed by atoms with Crippen molar-refractivity contribution in [2.45, 2.75) is 32.2 Å². The molecular weight excluding hydrogens is 357 g/mol. The lowest BCUT2D eigenvalue weighted by Gasteiger charge is -2.27. The summed E-state index contributed by atoms with van der Waals surface area (Å²) in [6, 6.07) is 8.64. The normalized spacial score (nSPS) is 11.1. The Kier molecular flexibility index (Phi) is 6.60. The summed E-state index contributed by atoms with van der Waals surface area (Å²) in [6.45, 7) is 3.65. The minimum absolute atomic E-state index is 0.150. The van der Waals surface area contributed by atoms with E-state index in [1.54, 1.807) is 13.8 Å². The highest BCUT2D eigenvalue weighted by Crippen LogP contribution is 2.22. The SMILES string of the molecule is CC(C)(NC(=O)CCCNC(=O)c1ccc(F)cc1)c1ccc(F)c(F)c1. The largest absolute Gasteiger partial charge is 0.352 e. The van der Waals surface area contributed by atoms with Crippen LogP contribution >= 0.6 is 0 Å². The van der Waals surface area contributed by atoms with Gasteiger partial charge in [0.25, 0.3) is 5.91 Å². The zero-order chi connectivity index (χ0) is 20.0. The minimum Gasteiger partial charge on any atom is -0.352 e. The lowest BCUT2D eigenvalue weighted by Crippen LogP contribution is -2.41.